The highest BCUT2D eigenvalue weighted by molar-refractivity contribution is 5.86. The van der Waals surface area contributed by atoms with Gasteiger partial charge in [-0.2, -0.15) is 0 Å². The van der Waals surface area contributed by atoms with E-state index >= 15 is 0 Å². The molecule has 0 unspecified atom stereocenters. The summed E-state index contributed by atoms with van der Waals surface area (Å²) in [5.41, 5.74) is 3.37. The van der Waals surface area contributed by atoms with Crippen LogP contribution in [0.3, 0.4) is 0 Å². The minimum Gasteiger partial charge on any atom is -0.493 e. The molecule has 0 spiro atoms. The van der Waals surface area contributed by atoms with Gasteiger partial charge in [0.05, 0.1) is 31.9 Å². The number of methoxy groups -OCH3 is 2. The van der Waals surface area contributed by atoms with Gasteiger partial charge >= 0.3 is 0 Å². The fraction of sp³-hybridized carbons (Fsp3) is 0.444. The predicted octanol–water partition coefficient (Wildman–Crippen LogP) is 5.48. The third-order valence-electron chi connectivity index (χ3n) is 6.57. The van der Waals surface area contributed by atoms with Gasteiger partial charge in [0, 0.05) is 34.9 Å². The normalized spacial score (nSPS) is 16.0. The predicted molar refractivity (Wildman–Crippen MR) is 131 cm³/mol. The van der Waals surface area contributed by atoms with Gasteiger partial charge < -0.3 is 14.8 Å². The van der Waals surface area contributed by atoms with Gasteiger partial charge in [-0.1, -0.05) is 38.2 Å². The van der Waals surface area contributed by atoms with E-state index in [9.17, 15) is 4.79 Å². The Bertz CT molecular complexity index is 1100. The van der Waals surface area contributed by atoms with Crippen LogP contribution in [0, 0.1) is 0 Å². The first-order valence-electron chi connectivity index (χ1n) is 11.8. The van der Waals surface area contributed by atoms with Crippen LogP contribution in [0.15, 0.2) is 42.7 Å². The number of hydrogen-bond acceptors (Lipinski definition) is 5. The Morgan fingerprint density at radius 3 is 2.30 bits per heavy atom. The average Bonchev–Trinajstić information content (AvgIpc) is 2.81. The van der Waals surface area contributed by atoms with E-state index in [1.165, 1.54) is 32.1 Å². The van der Waals surface area contributed by atoms with Crippen molar-refractivity contribution in [3.63, 3.8) is 0 Å². The maximum Gasteiger partial charge on any atom is 0.224 e. The van der Waals surface area contributed by atoms with E-state index < -0.39 is 0 Å². The molecule has 0 saturated heterocycles. The molecule has 1 aromatic carbocycles. The molecule has 1 saturated carbocycles. The number of carbonyl (C=O) groups excluding carboxylic acids is 1. The van der Waals surface area contributed by atoms with Crippen molar-refractivity contribution in [3.05, 3.63) is 48.3 Å². The smallest absolute Gasteiger partial charge is 0.224 e. The summed E-state index contributed by atoms with van der Waals surface area (Å²) in [6.45, 7) is 2.19. The quantitative estimate of drug-likeness (QED) is 0.542. The van der Waals surface area contributed by atoms with Crippen LogP contribution in [0.25, 0.3) is 22.2 Å². The van der Waals surface area contributed by atoms with Crippen LogP contribution in [0.2, 0.25) is 0 Å². The maximum absolute atomic E-state index is 12.7. The second-order valence-corrected chi connectivity index (χ2v) is 9.23. The summed E-state index contributed by atoms with van der Waals surface area (Å²) in [4.78, 5) is 21.9. The number of nitrogens with zero attached hydrogens (tertiary/aromatic N) is 2. The van der Waals surface area contributed by atoms with Crippen LogP contribution in [-0.4, -0.2) is 35.6 Å². The molecule has 1 amide bonds. The topological polar surface area (TPSA) is 73.3 Å². The molecule has 6 heteroatoms. The molecule has 2 heterocycles. The third-order valence-corrected chi connectivity index (χ3v) is 6.57. The highest BCUT2D eigenvalue weighted by Crippen LogP contribution is 2.33. The van der Waals surface area contributed by atoms with Crippen molar-refractivity contribution in [1.82, 2.24) is 15.3 Å². The Morgan fingerprint density at radius 1 is 0.939 bits per heavy atom. The lowest BCUT2D eigenvalue weighted by atomic mass is 9.85. The number of amides is 1. The van der Waals surface area contributed by atoms with Crippen LogP contribution in [0.4, 0.5) is 0 Å². The van der Waals surface area contributed by atoms with Crippen LogP contribution >= 0.6 is 0 Å². The minimum absolute atomic E-state index is 0.0704. The number of nitrogens with one attached hydrogen (secondary N) is 1. The van der Waals surface area contributed by atoms with Crippen molar-refractivity contribution in [2.75, 3.05) is 14.2 Å². The monoisotopic (exact) mass is 447 g/mol. The molecule has 0 aliphatic heterocycles. The van der Waals surface area contributed by atoms with Crippen molar-refractivity contribution in [1.29, 1.82) is 0 Å². The summed E-state index contributed by atoms with van der Waals surface area (Å²) >= 11 is 0. The van der Waals surface area contributed by atoms with Gasteiger partial charge in [0.25, 0.3) is 0 Å². The van der Waals surface area contributed by atoms with Crippen LogP contribution in [0.5, 0.6) is 11.5 Å². The van der Waals surface area contributed by atoms with Gasteiger partial charge in [-0.25, -0.2) is 0 Å². The van der Waals surface area contributed by atoms with E-state index in [0.717, 1.165) is 40.6 Å². The number of hydrogen-bond donors (Lipinski definition) is 1. The summed E-state index contributed by atoms with van der Waals surface area (Å²) in [6.07, 6.45) is 12.3. The molecule has 2 aromatic heterocycles. The summed E-state index contributed by atoms with van der Waals surface area (Å²) in [6, 6.07) is 9.74. The number of fused-ring (bicyclic) bond motifs is 1. The maximum atomic E-state index is 12.7. The Hall–Kier alpha value is -3.15. The first-order chi connectivity index (χ1) is 16.0. The van der Waals surface area contributed by atoms with E-state index in [0.29, 0.717) is 17.9 Å². The van der Waals surface area contributed by atoms with Gasteiger partial charge in [-0.05, 0) is 43.5 Å². The van der Waals surface area contributed by atoms with Crippen molar-refractivity contribution < 1.29 is 14.3 Å². The lowest BCUT2D eigenvalue weighted by Crippen LogP contribution is -2.46. The highest BCUT2D eigenvalue weighted by Gasteiger charge is 2.26. The Balaban J connectivity index is 1.45. The van der Waals surface area contributed by atoms with Crippen LogP contribution in [-0.2, 0) is 11.2 Å². The second kappa shape index (κ2) is 10.2. The van der Waals surface area contributed by atoms with Gasteiger partial charge in [-0.3, -0.25) is 14.8 Å². The minimum atomic E-state index is -0.0919. The third kappa shape index (κ3) is 5.62. The van der Waals surface area contributed by atoms with Gasteiger partial charge in [0.2, 0.25) is 5.91 Å². The summed E-state index contributed by atoms with van der Waals surface area (Å²) < 4.78 is 10.8. The summed E-state index contributed by atoms with van der Waals surface area (Å²) in [7, 11) is 3.23. The molecule has 1 fully saturated rings. The van der Waals surface area contributed by atoms with Gasteiger partial charge in [0.1, 0.15) is 0 Å². The second-order valence-electron chi connectivity index (χ2n) is 9.23. The fourth-order valence-electron chi connectivity index (χ4n) is 4.67. The molecule has 0 radical (unpaired) electrons. The first kappa shape index (κ1) is 23.0. The first-order valence-corrected chi connectivity index (χ1v) is 11.8. The number of pyridine rings is 2. The van der Waals surface area contributed by atoms with E-state index in [-0.39, 0.29) is 11.4 Å². The molecular weight excluding hydrogens is 414 g/mol. The van der Waals surface area contributed by atoms with E-state index in [4.69, 9.17) is 9.47 Å². The summed E-state index contributed by atoms with van der Waals surface area (Å²) in [5.74, 6) is 1.39. The average molecular weight is 448 g/mol. The lowest BCUT2D eigenvalue weighted by molar-refractivity contribution is -0.122. The fourth-order valence-corrected chi connectivity index (χ4v) is 4.67. The molecule has 0 bridgehead atoms. The zero-order chi connectivity index (χ0) is 23.3. The van der Waals surface area contributed by atoms with E-state index in [1.54, 1.807) is 26.6 Å². The highest BCUT2D eigenvalue weighted by atomic mass is 16.5. The van der Waals surface area contributed by atoms with Gasteiger partial charge in [-0.15, -0.1) is 0 Å². The van der Waals surface area contributed by atoms with E-state index in [2.05, 4.69) is 22.2 Å². The van der Waals surface area contributed by atoms with Crippen molar-refractivity contribution >= 4 is 16.8 Å². The number of ether oxygens (including phenoxy) is 2. The Kier molecular flexibility index (Phi) is 7.11. The molecule has 1 N–H and O–H groups in total. The van der Waals surface area contributed by atoms with E-state index in [1.807, 2.05) is 30.3 Å². The number of benzene rings is 1. The zero-order valence-corrected chi connectivity index (χ0v) is 19.8. The largest absolute Gasteiger partial charge is 0.493 e. The SMILES string of the molecule is COc1cc2cc(-c3ccc(CC(=O)NC4(C)CCCCCCC4)cn3)cnc2cc1OC. The number of carbonyl (C=O) groups is 1. The Morgan fingerprint density at radius 2 is 1.64 bits per heavy atom. The molecule has 33 heavy (non-hydrogen) atoms. The molecule has 1 aliphatic carbocycles. The number of aromatic nitrogens is 2. The van der Waals surface area contributed by atoms with Crippen LogP contribution < -0.4 is 14.8 Å². The molecule has 174 valence electrons. The van der Waals surface area contributed by atoms with Crippen molar-refractivity contribution in [2.24, 2.45) is 0 Å². The van der Waals surface area contributed by atoms with Crippen molar-refractivity contribution in [3.8, 4) is 22.8 Å². The molecule has 6 nitrogen and oxygen atoms in total. The summed E-state index contributed by atoms with van der Waals surface area (Å²) in [5, 5.41) is 4.25. The zero-order valence-electron chi connectivity index (χ0n) is 19.8. The Labute approximate surface area is 195 Å². The molecule has 3 aromatic rings. The molecular formula is C27H33N3O3. The van der Waals surface area contributed by atoms with Crippen molar-refractivity contribution in [2.45, 2.75) is 63.8 Å². The lowest BCUT2D eigenvalue weighted by Gasteiger charge is -2.32. The molecule has 1 aliphatic rings. The molecule has 4 rings (SSSR count). The standard InChI is InChI=1S/C27H33N3O3/c1-27(11-7-5-4-6-8-12-27)30-26(31)13-19-9-10-22(28-17-19)21-14-20-15-24(32-2)25(33-3)16-23(20)29-18-21/h9-10,14-18H,4-8,11-13H2,1-3H3,(H,30,31). The molecule has 0 atom stereocenters. The van der Waals surface area contributed by atoms with Crippen LogP contribution in [0.1, 0.15) is 57.4 Å². The van der Waals surface area contributed by atoms with Gasteiger partial charge in [0.15, 0.2) is 11.5 Å². The number of rotatable bonds is 6.